The van der Waals surface area contributed by atoms with Crippen molar-refractivity contribution < 1.29 is 19.1 Å². The first-order valence-corrected chi connectivity index (χ1v) is 10.6. The summed E-state index contributed by atoms with van der Waals surface area (Å²) in [6.45, 7) is 12.7. The molecule has 0 bridgehead atoms. The first kappa shape index (κ1) is 24.8. The Morgan fingerprint density at radius 3 is 1.69 bits per heavy atom. The Morgan fingerprint density at radius 1 is 0.793 bits per heavy atom. The van der Waals surface area contributed by atoms with Crippen LogP contribution in [0.2, 0.25) is 0 Å². The van der Waals surface area contributed by atoms with Crippen LogP contribution in [0.25, 0.3) is 0 Å². The standard InChI is InChI=1S/C23H38N2O4/c1-7-9-11-16-29-21(27)25-23(5,6)19-14-12-13-18(17-19)22(3,4)24-20(26)28-15-10-8-2/h12-14,17H,7-11,15-16H2,1-6H3,(H,24,26)(H,25,27). The minimum absolute atomic E-state index is 0.412. The molecule has 2 N–H and O–H groups in total. The van der Waals surface area contributed by atoms with E-state index in [-0.39, 0.29) is 0 Å². The predicted molar refractivity (Wildman–Crippen MR) is 116 cm³/mol. The quantitative estimate of drug-likeness (QED) is 0.469. The molecule has 6 nitrogen and oxygen atoms in total. The van der Waals surface area contributed by atoms with Crippen molar-refractivity contribution >= 4 is 12.2 Å². The number of nitrogens with one attached hydrogen (secondary N) is 2. The second-order valence-electron chi connectivity index (χ2n) is 8.41. The van der Waals surface area contributed by atoms with Crippen molar-refractivity contribution in [1.29, 1.82) is 0 Å². The fourth-order valence-corrected chi connectivity index (χ4v) is 2.85. The average Bonchev–Trinajstić information content (AvgIpc) is 2.65. The molecule has 0 aliphatic heterocycles. The van der Waals surface area contributed by atoms with Gasteiger partial charge in [0, 0.05) is 0 Å². The SMILES string of the molecule is CCCCCOC(=O)NC(C)(C)c1cccc(C(C)(C)NC(=O)OCCCC)c1. The molecule has 0 aromatic heterocycles. The molecule has 29 heavy (non-hydrogen) atoms. The number of carbonyl (C=O) groups excluding carboxylic acids is 2. The highest BCUT2D eigenvalue weighted by molar-refractivity contribution is 5.69. The third-order valence-electron chi connectivity index (χ3n) is 4.85. The van der Waals surface area contributed by atoms with E-state index < -0.39 is 23.3 Å². The molecule has 0 unspecified atom stereocenters. The van der Waals surface area contributed by atoms with Gasteiger partial charge in [0.2, 0.25) is 0 Å². The van der Waals surface area contributed by atoms with Gasteiger partial charge in [0.25, 0.3) is 0 Å². The van der Waals surface area contributed by atoms with Crippen LogP contribution < -0.4 is 10.6 Å². The average molecular weight is 407 g/mol. The van der Waals surface area contributed by atoms with E-state index in [1.165, 1.54) is 0 Å². The van der Waals surface area contributed by atoms with Crippen molar-refractivity contribution in [2.24, 2.45) is 0 Å². The minimum Gasteiger partial charge on any atom is -0.450 e. The lowest BCUT2D eigenvalue weighted by molar-refractivity contribution is 0.133. The molecule has 0 aliphatic carbocycles. The molecule has 0 spiro atoms. The van der Waals surface area contributed by atoms with Gasteiger partial charge in [-0.15, -0.1) is 0 Å². The van der Waals surface area contributed by atoms with Gasteiger partial charge in [-0.2, -0.15) is 0 Å². The Kier molecular flexibility index (Phi) is 9.99. The normalized spacial score (nSPS) is 11.7. The van der Waals surface area contributed by atoms with E-state index in [9.17, 15) is 9.59 Å². The van der Waals surface area contributed by atoms with Gasteiger partial charge in [0.05, 0.1) is 24.3 Å². The minimum atomic E-state index is -0.616. The molecule has 0 saturated heterocycles. The van der Waals surface area contributed by atoms with Crippen molar-refractivity contribution in [2.45, 2.75) is 84.7 Å². The molecule has 1 rings (SSSR count). The lowest BCUT2D eigenvalue weighted by Gasteiger charge is -2.30. The van der Waals surface area contributed by atoms with E-state index in [0.29, 0.717) is 13.2 Å². The molecule has 0 fully saturated rings. The number of alkyl carbamates (subject to hydrolysis) is 2. The van der Waals surface area contributed by atoms with Crippen LogP contribution in [0.1, 0.15) is 84.8 Å². The monoisotopic (exact) mass is 406 g/mol. The molecule has 2 amide bonds. The number of carbonyl (C=O) groups is 2. The summed E-state index contributed by atoms with van der Waals surface area (Å²) in [7, 11) is 0. The van der Waals surface area contributed by atoms with Crippen LogP contribution in [0.3, 0.4) is 0 Å². The number of unbranched alkanes of at least 4 members (excludes halogenated alkanes) is 3. The summed E-state index contributed by atoms with van der Waals surface area (Å²) in [4.78, 5) is 24.2. The van der Waals surface area contributed by atoms with E-state index in [0.717, 1.165) is 43.2 Å². The third kappa shape index (κ3) is 8.75. The molecule has 6 heteroatoms. The number of rotatable bonds is 11. The highest BCUT2D eigenvalue weighted by Gasteiger charge is 2.28. The van der Waals surface area contributed by atoms with Gasteiger partial charge in [0.1, 0.15) is 0 Å². The maximum atomic E-state index is 12.1. The summed E-state index contributed by atoms with van der Waals surface area (Å²) in [6, 6.07) is 7.82. The Labute approximate surface area is 175 Å². The summed E-state index contributed by atoms with van der Waals surface area (Å²) in [5.74, 6) is 0. The summed E-state index contributed by atoms with van der Waals surface area (Å²) >= 11 is 0. The van der Waals surface area contributed by atoms with Gasteiger partial charge in [-0.3, -0.25) is 0 Å². The van der Waals surface area contributed by atoms with Crippen LogP contribution in [0.5, 0.6) is 0 Å². The molecule has 164 valence electrons. The molecular weight excluding hydrogens is 368 g/mol. The van der Waals surface area contributed by atoms with Crippen LogP contribution in [-0.2, 0) is 20.6 Å². The third-order valence-corrected chi connectivity index (χ3v) is 4.85. The lowest BCUT2D eigenvalue weighted by atomic mass is 9.87. The van der Waals surface area contributed by atoms with Gasteiger partial charge in [-0.1, -0.05) is 57.4 Å². The van der Waals surface area contributed by atoms with E-state index in [1.807, 2.05) is 58.9 Å². The fourth-order valence-electron chi connectivity index (χ4n) is 2.85. The molecule has 0 radical (unpaired) electrons. The first-order valence-electron chi connectivity index (χ1n) is 10.6. The number of hydrogen-bond acceptors (Lipinski definition) is 4. The van der Waals surface area contributed by atoms with E-state index in [2.05, 4.69) is 17.6 Å². The van der Waals surface area contributed by atoms with E-state index in [1.54, 1.807) is 0 Å². The van der Waals surface area contributed by atoms with Crippen LogP contribution in [0.15, 0.2) is 24.3 Å². The van der Waals surface area contributed by atoms with Crippen LogP contribution in [-0.4, -0.2) is 25.4 Å². The molecule has 0 aliphatic rings. The lowest BCUT2D eigenvalue weighted by Crippen LogP contribution is -2.43. The highest BCUT2D eigenvalue weighted by atomic mass is 16.6. The summed E-state index contributed by atoms with van der Waals surface area (Å²) in [5.41, 5.74) is 0.620. The molecule has 0 saturated carbocycles. The van der Waals surface area contributed by atoms with Crippen LogP contribution >= 0.6 is 0 Å². The Morgan fingerprint density at radius 2 is 1.24 bits per heavy atom. The van der Waals surface area contributed by atoms with Gasteiger partial charge in [-0.25, -0.2) is 9.59 Å². The molecule has 0 atom stereocenters. The zero-order valence-corrected chi connectivity index (χ0v) is 18.9. The zero-order valence-electron chi connectivity index (χ0n) is 18.9. The van der Waals surface area contributed by atoms with Crippen molar-refractivity contribution in [3.63, 3.8) is 0 Å². The molecule has 0 heterocycles. The van der Waals surface area contributed by atoms with Crippen molar-refractivity contribution in [1.82, 2.24) is 10.6 Å². The second kappa shape index (κ2) is 11.7. The number of hydrogen-bond donors (Lipinski definition) is 2. The summed E-state index contributed by atoms with van der Waals surface area (Å²) in [5, 5.41) is 5.85. The second-order valence-corrected chi connectivity index (χ2v) is 8.41. The van der Waals surface area contributed by atoms with Crippen LogP contribution in [0.4, 0.5) is 9.59 Å². The maximum Gasteiger partial charge on any atom is 0.407 e. The Balaban J connectivity index is 2.78. The smallest absolute Gasteiger partial charge is 0.407 e. The topological polar surface area (TPSA) is 76.7 Å². The predicted octanol–water partition coefficient (Wildman–Crippen LogP) is 5.60. The maximum absolute atomic E-state index is 12.1. The number of ether oxygens (including phenoxy) is 2. The largest absolute Gasteiger partial charge is 0.450 e. The Bertz CT molecular complexity index is 656. The van der Waals surface area contributed by atoms with Gasteiger partial charge in [0.15, 0.2) is 0 Å². The van der Waals surface area contributed by atoms with Gasteiger partial charge in [-0.05, 0) is 51.7 Å². The van der Waals surface area contributed by atoms with E-state index >= 15 is 0 Å². The van der Waals surface area contributed by atoms with Gasteiger partial charge >= 0.3 is 12.2 Å². The van der Waals surface area contributed by atoms with Crippen molar-refractivity contribution in [3.8, 4) is 0 Å². The first-order chi connectivity index (χ1) is 13.6. The Hall–Kier alpha value is -2.24. The van der Waals surface area contributed by atoms with Gasteiger partial charge < -0.3 is 20.1 Å². The van der Waals surface area contributed by atoms with Crippen molar-refractivity contribution in [3.05, 3.63) is 35.4 Å². The molecule has 1 aromatic carbocycles. The summed E-state index contributed by atoms with van der Waals surface area (Å²) in [6.07, 6.45) is 3.96. The van der Waals surface area contributed by atoms with E-state index in [4.69, 9.17) is 9.47 Å². The van der Waals surface area contributed by atoms with Crippen molar-refractivity contribution in [2.75, 3.05) is 13.2 Å². The highest BCUT2D eigenvalue weighted by Crippen LogP contribution is 2.27. The molecule has 1 aromatic rings. The summed E-state index contributed by atoms with van der Waals surface area (Å²) < 4.78 is 10.5. The molecular formula is C23H38N2O4. The zero-order chi connectivity index (χ0) is 21.9. The number of benzene rings is 1. The fraction of sp³-hybridized carbons (Fsp3) is 0.652. The van der Waals surface area contributed by atoms with Crippen LogP contribution in [0, 0.1) is 0 Å². The number of amides is 2.